The van der Waals surface area contributed by atoms with Crippen molar-refractivity contribution in [2.24, 2.45) is 0 Å². The molecule has 0 aliphatic carbocycles. The number of nitrogens with zero attached hydrogens (tertiary/aromatic N) is 1. The standard InChI is InChI=1S/C11H14N2O4/c1-2-17-11(14)6-4-8-3-5-9(13(15)16)7-10(8)12/h3,5,7H,2,4,6,12H2,1H3. The summed E-state index contributed by atoms with van der Waals surface area (Å²) in [6, 6.07) is 4.23. The summed E-state index contributed by atoms with van der Waals surface area (Å²) in [6.07, 6.45) is 0.637. The summed E-state index contributed by atoms with van der Waals surface area (Å²) in [4.78, 5) is 21.1. The predicted molar refractivity (Wildman–Crippen MR) is 62.5 cm³/mol. The zero-order valence-electron chi connectivity index (χ0n) is 9.51. The van der Waals surface area contributed by atoms with Gasteiger partial charge in [-0.25, -0.2) is 0 Å². The molecule has 6 nitrogen and oxygen atoms in total. The van der Waals surface area contributed by atoms with Crippen LogP contribution >= 0.6 is 0 Å². The van der Waals surface area contributed by atoms with Crippen molar-refractivity contribution in [2.75, 3.05) is 12.3 Å². The number of benzene rings is 1. The Hall–Kier alpha value is -2.11. The van der Waals surface area contributed by atoms with Gasteiger partial charge >= 0.3 is 5.97 Å². The molecule has 0 aliphatic heterocycles. The van der Waals surface area contributed by atoms with Gasteiger partial charge in [-0.3, -0.25) is 14.9 Å². The summed E-state index contributed by atoms with van der Waals surface area (Å²) in [5.41, 5.74) is 6.64. The van der Waals surface area contributed by atoms with Gasteiger partial charge in [-0.15, -0.1) is 0 Å². The Labute approximate surface area is 98.5 Å². The minimum Gasteiger partial charge on any atom is -0.466 e. The number of hydrogen-bond acceptors (Lipinski definition) is 5. The van der Waals surface area contributed by atoms with E-state index in [-0.39, 0.29) is 18.1 Å². The molecular formula is C11H14N2O4. The van der Waals surface area contributed by atoms with Crippen LogP contribution in [0.1, 0.15) is 18.9 Å². The summed E-state index contributed by atoms with van der Waals surface area (Å²) >= 11 is 0. The van der Waals surface area contributed by atoms with Crippen LogP contribution in [0.4, 0.5) is 11.4 Å². The van der Waals surface area contributed by atoms with E-state index in [1.54, 1.807) is 13.0 Å². The fourth-order valence-electron chi connectivity index (χ4n) is 1.39. The summed E-state index contributed by atoms with van der Waals surface area (Å²) in [5.74, 6) is -0.301. The molecule has 0 heterocycles. The molecule has 0 spiro atoms. The molecule has 0 atom stereocenters. The number of nitrogens with two attached hydrogens (primary N) is 1. The Balaban J connectivity index is 2.66. The van der Waals surface area contributed by atoms with Gasteiger partial charge in [0.25, 0.3) is 5.69 Å². The normalized spacial score (nSPS) is 9.94. The highest BCUT2D eigenvalue weighted by molar-refractivity contribution is 5.70. The smallest absolute Gasteiger partial charge is 0.306 e. The average Bonchev–Trinajstić information content (AvgIpc) is 2.27. The molecule has 2 N–H and O–H groups in total. The molecule has 0 aromatic heterocycles. The maximum absolute atomic E-state index is 11.1. The number of nitrogen functional groups attached to an aromatic ring is 1. The van der Waals surface area contributed by atoms with Gasteiger partial charge in [-0.05, 0) is 18.9 Å². The van der Waals surface area contributed by atoms with E-state index in [0.29, 0.717) is 24.3 Å². The number of aryl methyl sites for hydroxylation is 1. The van der Waals surface area contributed by atoms with E-state index >= 15 is 0 Å². The van der Waals surface area contributed by atoms with E-state index in [2.05, 4.69) is 0 Å². The molecular weight excluding hydrogens is 224 g/mol. The van der Waals surface area contributed by atoms with E-state index in [9.17, 15) is 14.9 Å². The molecule has 92 valence electrons. The van der Waals surface area contributed by atoms with Crippen molar-refractivity contribution in [3.63, 3.8) is 0 Å². The quantitative estimate of drug-likeness (QED) is 0.364. The van der Waals surface area contributed by atoms with Gasteiger partial charge in [0.2, 0.25) is 0 Å². The van der Waals surface area contributed by atoms with Crippen LogP contribution in [-0.2, 0) is 16.0 Å². The molecule has 0 radical (unpaired) electrons. The van der Waals surface area contributed by atoms with Gasteiger partial charge in [-0.1, -0.05) is 6.07 Å². The molecule has 1 aromatic carbocycles. The van der Waals surface area contributed by atoms with E-state index in [4.69, 9.17) is 10.5 Å². The van der Waals surface area contributed by atoms with Gasteiger partial charge in [0, 0.05) is 24.2 Å². The lowest BCUT2D eigenvalue weighted by atomic mass is 10.1. The van der Waals surface area contributed by atoms with Crippen molar-refractivity contribution in [3.8, 4) is 0 Å². The van der Waals surface area contributed by atoms with Crippen molar-refractivity contribution in [1.29, 1.82) is 0 Å². The molecule has 0 saturated carbocycles. The number of ether oxygens (including phenoxy) is 1. The Bertz CT molecular complexity index is 431. The lowest BCUT2D eigenvalue weighted by Crippen LogP contribution is -2.06. The third-order valence-corrected chi connectivity index (χ3v) is 2.24. The highest BCUT2D eigenvalue weighted by Gasteiger charge is 2.10. The van der Waals surface area contributed by atoms with Gasteiger partial charge < -0.3 is 10.5 Å². The van der Waals surface area contributed by atoms with E-state index in [1.807, 2.05) is 0 Å². The predicted octanol–water partition coefficient (Wildman–Crippen LogP) is 1.67. The number of carbonyl (C=O) groups excluding carboxylic acids is 1. The maximum atomic E-state index is 11.1. The van der Waals surface area contributed by atoms with Crippen LogP contribution in [0.15, 0.2) is 18.2 Å². The lowest BCUT2D eigenvalue weighted by molar-refractivity contribution is -0.384. The van der Waals surface area contributed by atoms with Gasteiger partial charge in [-0.2, -0.15) is 0 Å². The number of nitro benzene ring substituents is 1. The SMILES string of the molecule is CCOC(=O)CCc1ccc([N+](=O)[O-])cc1N. The zero-order chi connectivity index (χ0) is 12.8. The zero-order valence-corrected chi connectivity index (χ0v) is 9.51. The number of carbonyl (C=O) groups is 1. The van der Waals surface area contributed by atoms with Crippen LogP contribution in [0, 0.1) is 10.1 Å². The minimum atomic E-state index is -0.508. The summed E-state index contributed by atoms with van der Waals surface area (Å²) in [7, 11) is 0. The second-order valence-electron chi connectivity index (χ2n) is 3.45. The number of hydrogen-bond donors (Lipinski definition) is 1. The molecule has 17 heavy (non-hydrogen) atoms. The van der Waals surface area contributed by atoms with Crippen LogP contribution in [0.25, 0.3) is 0 Å². The number of esters is 1. The van der Waals surface area contributed by atoms with Crippen LogP contribution in [0.5, 0.6) is 0 Å². The maximum Gasteiger partial charge on any atom is 0.306 e. The van der Waals surface area contributed by atoms with Crippen molar-refractivity contribution in [2.45, 2.75) is 19.8 Å². The van der Waals surface area contributed by atoms with Crippen LogP contribution in [-0.4, -0.2) is 17.5 Å². The molecule has 0 amide bonds. The Morgan fingerprint density at radius 1 is 1.53 bits per heavy atom. The number of nitro groups is 1. The number of non-ortho nitro benzene ring substituents is 1. The van der Waals surface area contributed by atoms with Crippen molar-refractivity contribution in [3.05, 3.63) is 33.9 Å². The third kappa shape index (κ3) is 3.75. The third-order valence-electron chi connectivity index (χ3n) is 2.24. The molecule has 1 rings (SSSR count). The molecule has 0 fully saturated rings. The van der Waals surface area contributed by atoms with E-state index < -0.39 is 4.92 Å². The molecule has 0 aliphatic rings. The summed E-state index contributed by atoms with van der Waals surface area (Å²) < 4.78 is 4.78. The van der Waals surface area contributed by atoms with E-state index in [0.717, 1.165) is 0 Å². The van der Waals surface area contributed by atoms with Crippen LogP contribution in [0.3, 0.4) is 0 Å². The topological polar surface area (TPSA) is 95.5 Å². The summed E-state index contributed by atoms with van der Waals surface area (Å²) in [5, 5.41) is 10.5. The molecule has 0 unspecified atom stereocenters. The monoisotopic (exact) mass is 238 g/mol. The van der Waals surface area contributed by atoms with E-state index in [1.165, 1.54) is 12.1 Å². The Kier molecular flexibility index (Phi) is 4.45. The first-order valence-corrected chi connectivity index (χ1v) is 5.23. The largest absolute Gasteiger partial charge is 0.466 e. The fraction of sp³-hybridized carbons (Fsp3) is 0.364. The number of anilines is 1. The first-order chi connectivity index (χ1) is 8.04. The van der Waals surface area contributed by atoms with Crippen molar-refractivity contribution in [1.82, 2.24) is 0 Å². The number of rotatable bonds is 5. The second-order valence-corrected chi connectivity index (χ2v) is 3.45. The Morgan fingerprint density at radius 3 is 2.76 bits per heavy atom. The summed E-state index contributed by atoms with van der Waals surface area (Å²) in [6.45, 7) is 2.08. The van der Waals surface area contributed by atoms with Gasteiger partial charge in [0.1, 0.15) is 0 Å². The first kappa shape index (κ1) is 13.0. The minimum absolute atomic E-state index is 0.0533. The highest BCUT2D eigenvalue weighted by Crippen LogP contribution is 2.20. The van der Waals surface area contributed by atoms with Gasteiger partial charge in [0.05, 0.1) is 11.5 Å². The highest BCUT2D eigenvalue weighted by atomic mass is 16.6. The lowest BCUT2D eigenvalue weighted by Gasteiger charge is -2.05. The molecule has 0 bridgehead atoms. The van der Waals surface area contributed by atoms with Crippen molar-refractivity contribution < 1.29 is 14.5 Å². The molecule has 0 saturated heterocycles. The average molecular weight is 238 g/mol. The molecule has 1 aromatic rings. The van der Waals surface area contributed by atoms with Crippen LogP contribution in [0.2, 0.25) is 0 Å². The first-order valence-electron chi connectivity index (χ1n) is 5.23. The van der Waals surface area contributed by atoms with Crippen LogP contribution < -0.4 is 5.73 Å². The fourth-order valence-corrected chi connectivity index (χ4v) is 1.39. The Morgan fingerprint density at radius 2 is 2.24 bits per heavy atom. The van der Waals surface area contributed by atoms with Crippen molar-refractivity contribution >= 4 is 17.3 Å². The van der Waals surface area contributed by atoms with Gasteiger partial charge in [0.15, 0.2) is 0 Å². The molecule has 6 heteroatoms. The second kappa shape index (κ2) is 5.83.